The Labute approximate surface area is 223 Å². The molecule has 4 aromatic rings. The van der Waals surface area contributed by atoms with Crippen molar-refractivity contribution >= 4 is 40.6 Å². The summed E-state index contributed by atoms with van der Waals surface area (Å²) in [6, 6.07) is 15.4. The van der Waals surface area contributed by atoms with Crippen LogP contribution in [0.5, 0.6) is 0 Å². The van der Waals surface area contributed by atoms with E-state index in [4.69, 9.17) is 21.4 Å². The molecule has 13 nitrogen and oxygen atoms in total. The molecule has 1 amide bonds. The second-order valence-electron chi connectivity index (χ2n) is 8.60. The van der Waals surface area contributed by atoms with Gasteiger partial charge in [0, 0.05) is 24.3 Å². The topological polar surface area (TPSA) is 203 Å². The van der Waals surface area contributed by atoms with Crippen LogP contribution in [0.1, 0.15) is 29.6 Å². The summed E-state index contributed by atoms with van der Waals surface area (Å²) >= 11 is 0. The van der Waals surface area contributed by atoms with Gasteiger partial charge in [-0.05, 0) is 59.6 Å². The number of nitrogens with one attached hydrogen (secondary N) is 2. The number of hydrogen-bond donors (Lipinski definition) is 4. The number of ketones is 1. The van der Waals surface area contributed by atoms with Crippen molar-refractivity contribution in [3.63, 3.8) is 0 Å². The molecule has 6 N–H and O–H groups in total. The van der Waals surface area contributed by atoms with Crippen molar-refractivity contribution in [2.75, 3.05) is 23.7 Å². The smallest absolute Gasteiger partial charge is 0.241 e. The summed E-state index contributed by atoms with van der Waals surface area (Å²) in [7, 11) is 0. The van der Waals surface area contributed by atoms with Gasteiger partial charge in [0.1, 0.15) is 0 Å². The van der Waals surface area contributed by atoms with E-state index in [2.05, 4.69) is 37.0 Å². The van der Waals surface area contributed by atoms with Gasteiger partial charge in [0.2, 0.25) is 11.7 Å². The molecule has 0 bridgehead atoms. The number of amides is 1. The van der Waals surface area contributed by atoms with E-state index in [1.54, 1.807) is 28.8 Å². The number of benzene rings is 2. The minimum absolute atomic E-state index is 0.0256. The van der Waals surface area contributed by atoms with Gasteiger partial charge in [0.05, 0.1) is 42.4 Å². The largest absolute Gasteiger partial charge is 0.390 e. The van der Waals surface area contributed by atoms with Crippen LogP contribution in [-0.4, -0.2) is 57.0 Å². The molecular weight excluding hydrogens is 500 g/mol. The average molecular weight is 529 g/mol. The Morgan fingerprint density at radius 2 is 1.97 bits per heavy atom. The lowest BCUT2D eigenvalue weighted by Gasteiger charge is -2.12. The van der Waals surface area contributed by atoms with E-state index < -0.39 is 6.04 Å². The third-order valence-electron chi connectivity index (χ3n) is 5.90. The first-order chi connectivity index (χ1) is 19.0. The van der Waals surface area contributed by atoms with Crippen LogP contribution in [0.3, 0.4) is 0 Å². The number of nitrogens with zero attached hydrogens (tertiary/aromatic N) is 6. The minimum atomic E-state index is -0.683. The van der Waals surface area contributed by atoms with Gasteiger partial charge in [-0.25, -0.2) is 9.61 Å². The number of fused-ring (bicyclic) bond motifs is 1. The highest BCUT2D eigenvalue weighted by Crippen LogP contribution is 2.28. The van der Waals surface area contributed by atoms with Gasteiger partial charge in [0.15, 0.2) is 17.3 Å². The zero-order chi connectivity index (χ0) is 27.6. The molecular formula is C26H28N10O3. The number of imidazole rings is 1. The first kappa shape index (κ1) is 27.0. The molecule has 2 aromatic heterocycles. The maximum absolute atomic E-state index is 13.3. The lowest BCUT2D eigenvalue weighted by Crippen LogP contribution is -2.35. The quantitative estimate of drug-likeness (QED) is 0.0862. The SMILES string of the molecule is N#CCCNc1nonc1-c1nc2ccccc2n1CC(=O)c1ccc(NC(=O)C(N)CCCN=CN)cc1. The standard InChI is InChI=1S/C26H28N10O3/c27-12-4-14-31-24-23(34-39-35-24)25-33-20-6-1-2-7-21(20)36(25)15-22(37)17-8-10-18(11-9-17)32-26(38)19(29)5-3-13-30-16-28/h1-2,6-11,16,19H,3-5,13-15,29H2,(H2,28,30)(H,31,35)(H,32,38). The summed E-state index contributed by atoms with van der Waals surface area (Å²) in [6.07, 6.45) is 2.61. The van der Waals surface area contributed by atoms with Crippen molar-refractivity contribution < 1.29 is 14.2 Å². The Balaban J connectivity index is 1.49. The normalized spacial score (nSPS) is 11.9. The summed E-state index contributed by atoms with van der Waals surface area (Å²) in [4.78, 5) is 34.2. The summed E-state index contributed by atoms with van der Waals surface area (Å²) in [6.45, 7) is 0.837. The van der Waals surface area contributed by atoms with Crippen molar-refractivity contribution in [3.05, 3.63) is 54.1 Å². The van der Waals surface area contributed by atoms with Crippen molar-refractivity contribution in [2.24, 2.45) is 16.5 Å². The van der Waals surface area contributed by atoms with Crippen LogP contribution >= 0.6 is 0 Å². The van der Waals surface area contributed by atoms with E-state index in [1.165, 1.54) is 6.34 Å². The number of para-hydroxylation sites is 2. The number of nitrogens with two attached hydrogens (primary N) is 2. The highest BCUT2D eigenvalue weighted by Gasteiger charge is 2.22. The first-order valence-electron chi connectivity index (χ1n) is 12.3. The molecule has 0 saturated heterocycles. The van der Waals surface area contributed by atoms with Gasteiger partial charge in [0.25, 0.3) is 0 Å². The molecule has 0 fully saturated rings. The summed E-state index contributed by atoms with van der Waals surface area (Å²) < 4.78 is 6.67. The summed E-state index contributed by atoms with van der Waals surface area (Å²) in [5.74, 6) is 0.241. The molecule has 0 aliphatic heterocycles. The molecule has 0 aliphatic carbocycles. The van der Waals surface area contributed by atoms with E-state index in [-0.39, 0.29) is 24.7 Å². The van der Waals surface area contributed by atoms with Crippen LogP contribution in [-0.2, 0) is 11.3 Å². The third-order valence-corrected chi connectivity index (χ3v) is 5.90. The van der Waals surface area contributed by atoms with E-state index in [9.17, 15) is 9.59 Å². The van der Waals surface area contributed by atoms with Gasteiger partial charge in [-0.2, -0.15) is 5.26 Å². The lowest BCUT2D eigenvalue weighted by atomic mass is 10.1. The predicted molar refractivity (Wildman–Crippen MR) is 146 cm³/mol. The number of Topliss-reactive ketones (excluding diaryl/α,β-unsaturated/α-hetero) is 1. The maximum atomic E-state index is 13.3. The molecule has 0 radical (unpaired) electrons. The van der Waals surface area contributed by atoms with Crippen molar-refractivity contribution in [2.45, 2.75) is 31.8 Å². The van der Waals surface area contributed by atoms with E-state index in [1.807, 2.05) is 24.3 Å². The lowest BCUT2D eigenvalue weighted by molar-refractivity contribution is -0.117. The zero-order valence-electron chi connectivity index (χ0n) is 21.1. The van der Waals surface area contributed by atoms with Crippen LogP contribution in [0, 0.1) is 11.3 Å². The van der Waals surface area contributed by atoms with Crippen LogP contribution in [0.4, 0.5) is 11.5 Å². The second kappa shape index (κ2) is 12.9. The minimum Gasteiger partial charge on any atom is -0.390 e. The summed E-state index contributed by atoms with van der Waals surface area (Å²) in [5.41, 5.74) is 13.9. The third kappa shape index (κ3) is 6.62. The predicted octanol–water partition coefficient (Wildman–Crippen LogP) is 2.33. The van der Waals surface area contributed by atoms with Gasteiger partial charge in [-0.15, -0.1) is 0 Å². The second-order valence-corrected chi connectivity index (χ2v) is 8.60. The van der Waals surface area contributed by atoms with E-state index >= 15 is 0 Å². The van der Waals surface area contributed by atoms with Gasteiger partial charge >= 0.3 is 0 Å². The van der Waals surface area contributed by atoms with E-state index in [0.717, 1.165) is 5.52 Å². The Kier molecular flexibility index (Phi) is 8.94. The molecule has 0 saturated carbocycles. The first-order valence-corrected chi connectivity index (χ1v) is 12.3. The number of anilines is 2. The highest BCUT2D eigenvalue weighted by atomic mass is 16.6. The molecule has 39 heavy (non-hydrogen) atoms. The Bertz CT molecular complexity index is 1500. The fraction of sp³-hybridized carbons (Fsp3) is 0.269. The number of rotatable bonds is 13. The number of aliphatic imine (C=N–C) groups is 1. The fourth-order valence-corrected chi connectivity index (χ4v) is 3.92. The average Bonchev–Trinajstić information content (AvgIpc) is 3.56. The molecule has 200 valence electrons. The van der Waals surface area contributed by atoms with Crippen molar-refractivity contribution in [1.29, 1.82) is 5.26 Å². The van der Waals surface area contributed by atoms with Crippen LogP contribution in [0.25, 0.3) is 22.6 Å². The highest BCUT2D eigenvalue weighted by molar-refractivity contribution is 5.99. The Morgan fingerprint density at radius 1 is 1.18 bits per heavy atom. The number of nitriles is 1. The number of aromatic nitrogens is 4. The van der Waals surface area contributed by atoms with Crippen LogP contribution in [0.15, 0.2) is 58.2 Å². The maximum Gasteiger partial charge on any atom is 0.241 e. The van der Waals surface area contributed by atoms with Crippen LogP contribution in [0.2, 0.25) is 0 Å². The van der Waals surface area contributed by atoms with E-state index in [0.29, 0.717) is 60.0 Å². The Hall–Kier alpha value is -5.09. The van der Waals surface area contributed by atoms with Gasteiger partial charge in [-0.3, -0.25) is 14.6 Å². The molecule has 0 spiro atoms. The molecule has 1 unspecified atom stereocenters. The number of carbonyl (C=O) groups is 2. The van der Waals surface area contributed by atoms with Crippen molar-refractivity contribution in [1.82, 2.24) is 19.9 Å². The Morgan fingerprint density at radius 3 is 2.74 bits per heavy atom. The zero-order valence-corrected chi connectivity index (χ0v) is 21.1. The monoisotopic (exact) mass is 528 g/mol. The fourth-order valence-electron chi connectivity index (χ4n) is 3.92. The number of carbonyl (C=O) groups excluding carboxylic acids is 2. The molecule has 1 atom stereocenters. The van der Waals surface area contributed by atoms with Crippen molar-refractivity contribution in [3.8, 4) is 17.6 Å². The van der Waals surface area contributed by atoms with Gasteiger partial charge in [-0.1, -0.05) is 12.1 Å². The van der Waals surface area contributed by atoms with Gasteiger partial charge < -0.3 is 26.7 Å². The number of hydrogen-bond acceptors (Lipinski definition) is 10. The van der Waals surface area contributed by atoms with Crippen LogP contribution < -0.4 is 22.1 Å². The summed E-state index contributed by atoms with van der Waals surface area (Å²) in [5, 5.41) is 22.5. The molecule has 4 rings (SSSR count). The molecule has 2 heterocycles. The molecule has 2 aromatic carbocycles. The molecule has 13 heteroatoms. The molecule has 0 aliphatic rings.